The molecular formula is C26H23ClFN3O3. The molecule has 0 aliphatic carbocycles. The predicted octanol–water partition coefficient (Wildman–Crippen LogP) is 5.95. The van der Waals surface area contributed by atoms with Crippen LogP contribution < -0.4 is 15.6 Å². The van der Waals surface area contributed by atoms with E-state index in [0.29, 0.717) is 28.5 Å². The first-order valence-electron chi connectivity index (χ1n) is 10.8. The fraction of sp³-hybridized carbons (Fsp3) is 0.154. The number of fused-ring (bicyclic) bond motifs is 1. The van der Waals surface area contributed by atoms with Crippen LogP contribution in [0.1, 0.15) is 18.1 Å². The molecule has 0 saturated carbocycles. The molecule has 174 valence electrons. The maximum absolute atomic E-state index is 14.1. The lowest BCUT2D eigenvalue weighted by Gasteiger charge is -2.23. The van der Waals surface area contributed by atoms with Crippen LogP contribution in [-0.4, -0.2) is 22.5 Å². The number of anilines is 1. The van der Waals surface area contributed by atoms with Gasteiger partial charge in [-0.3, -0.25) is 4.79 Å². The first kappa shape index (κ1) is 23.3. The van der Waals surface area contributed by atoms with Gasteiger partial charge in [-0.25, -0.2) is 9.18 Å². The van der Waals surface area contributed by atoms with E-state index < -0.39 is 11.8 Å². The molecule has 1 aromatic heterocycles. The number of halogens is 2. The van der Waals surface area contributed by atoms with Crippen LogP contribution in [0.25, 0.3) is 10.9 Å². The molecule has 2 N–H and O–H groups in total. The van der Waals surface area contributed by atoms with Gasteiger partial charge in [0.15, 0.2) is 0 Å². The lowest BCUT2D eigenvalue weighted by atomic mass is 10.1. The highest BCUT2D eigenvalue weighted by atomic mass is 35.5. The summed E-state index contributed by atoms with van der Waals surface area (Å²) in [4.78, 5) is 30.2. The number of aromatic amines is 1. The molecule has 0 atom stereocenters. The van der Waals surface area contributed by atoms with Crippen molar-refractivity contribution in [2.75, 3.05) is 11.9 Å². The summed E-state index contributed by atoms with van der Waals surface area (Å²) in [5.41, 5.74) is 1.61. The number of amides is 2. The number of urea groups is 1. The number of para-hydroxylation sites is 1. The second-order valence-corrected chi connectivity index (χ2v) is 8.13. The molecule has 0 saturated heterocycles. The molecule has 3 aromatic carbocycles. The van der Waals surface area contributed by atoms with E-state index in [9.17, 15) is 14.0 Å². The van der Waals surface area contributed by atoms with E-state index in [0.717, 1.165) is 10.9 Å². The largest absolute Gasteiger partial charge is 0.494 e. The number of nitrogens with one attached hydrogen (secondary N) is 2. The lowest BCUT2D eigenvalue weighted by molar-refractivity contribution is 0.206. The van der Waals surface area contributed by atoms with Gasteiger partial charge in [0.2, 0.25) is 0 Å². The second kappa shape index (κ2) is 10.4. The Hall–Kier alpha value is -3.84. The van der Waals surface area contributed by atoms with Crippen LogP contribution in [0.2, 0.25) is 5.02 Å². The Morgan fingerprint density at radius 2 is 1.82 bits per heavy atom. The van der Waals surface area contributed by atoms with Crippen LogP contribution in [0.15, 0.2) is 77.6 Å². The summed E-state index contributed by atoms with van der Waals surface area (Å²) >= 11 is 5.99. The average molecular weight is 480 g/mol. The van der Waals surface area contributed by atoms with Gasteiger partial charge in [-0.05, 0) is 61.0 Å². The minimum absolute atomic E-state index is 0.00699. The first-order valence-corrected chi connectivity index (χ1v) is 11.1. The molecule has 2 amide bonds. The third-order valence-electron chi connectivity index (χ3n) is 5.25. The topological polar surface area (TPSA) is 74.4 Å². The Balaban J connectivity index is 1.66. The molecule has 8 heteroatoms. The van der Waals surface area contributed by atoms with Crippen LogP contribution in [0.5, 0.6) is 5.75 Å². The Labute approximate surface area is 200 Å². The molecule has 1 heterocycles. The molecule has 0 fully saturated rings. The van der Waals surface area contributed by atoms with E-state index in [1.165, 1.54) is 17.0 Å². The lowest BCUT2D eigenvalue weighted by Crippen LogP contribution is -2.36. The quantitative estimate of drug-likeness (QED) is 0.344. The summed E-state index contributed by atoms with van der Waals surface area (Å²) in [6.07, 6.45) is 0. The van der Waals surface area contributed by atoms with Crippen molar-refractivity contribution in [1.29, 1.82) is 0 Å². The van der Waals surface area contributed by atoms with E-state index >= 15 is 0 Å². The smallest absolute Gasteiger partial charge is 0.322 e. The van der Waals surface area contributed by atoms with Gasteiger partial charge in [0.25, 0.3) is 5.56 Å². The van der Waals surface area contributed by atoms with Crippen LogP contribution in [0.3, 0.4) is 0 Å². The maximum atomic E-state index is 14.1. The summed E-state index contributed by atoms with van der Waals surface area (Å²) < 4.78 is 19.7. The summed E-state index contributed by atoms with van der Waals surface area (Å²) in [5, 5.41) is 3.95. The Kier molecular flexibility index (Phi) is 7.13. The van der Waals surface area contributed by atoms with Gasteiger partial charge >= 0.3 is 6.03 Å². The molecule has 6 nitrogen and oxygen atoms in total. The number of nitrogens with zero attached hydrogens (tertiary/aromatic N) is 1. The normalized spacial score (nSPS) is 10.8. The molecule has 0 aliphatic rings. The number of hydrogen-bond acceptors (Lipinski definition) is 3. The zero-order valence-electron chi connectivity index (χ0n) is 18.5. The van der Waals surface area contributed by atoms with Gasteiger partial charge in [0.1, 0.15) is 11.6 Å². The molecule has 4 aromatic rings. The number of carbonyl (C=O) groups excluding carboxylic acids is 1. The summed E-state index contributed by atoms with van der Waals surface area (Å²) in [7, 11) is 0. The Bertz CT molecular complexity index is 1370. The summed E-state index contributed by atoms with van der Waals surface area (Å²) in [6.45, 7) is 2.61. The van der Waals surface area contributed by atoms with Crippen molar-refractivity contribution in [2.24, 2.45) is 0 Å². The van der Waals surface area contributed by atoms with Crippen molar-refractivity contribution in [3.63, 3.8) is 0 Å². The highest BCUT2D eigenvalue weighted by Gasteiger charge is 2.18. The number of pyridine rings is 1. The van der Waals surface area contributed by atoms with Crippen molar-refractivity contribution in [3.05, 3.63) is 105 Å². The molecule has 0 bridgehead atoms. The Morgan fingerprint density at radius 1 is 1.06 bits per heavy atom. The summed E-state index contributed by atoms with van der Waals surface area (Å²) in [6, 6.07) is 19.6. The van der Waals surface area contributed by atoms with Gasteiger partial charge in [0, 0.05) is 28.0 Å². The average Bonchev–Trinajstić information content (AvgIpc) is 2.82. The van der Waals surface area contributed by atoms with E-state index in [4.69, 9.17) is 16.3 Å². The molecule has 0 radical (unpaired) electrons. The van der Waals surface area contributed by atoms with Gasteiger partial charge in [-0.2, -0.15) is 0 Å². The van der Waals surface area contributed by atoms with Crippen LogP contribution in [0.4, 0.5) is 14.9 Å². The monoisotopic (exact) mass is 479 g/mol. The van der Waals surface area contributed by atoms with Crippen LogP contribution in [0, 0.1) is 5.82 Å². The number of aromatic nitrogens is 1. The number of rotatable bonds is 7. The number of ether oxygens (including phenoxy) is 1. The van der Waals surface area contributed by atoms with Crippen molar-refractivity contribution >= 4 is 34.2 Å². The van der Waals surface area contributed by atoms with Gasteiger partial charge < -0.3 is 19.9 Å². The highest BCUT2D eigenvalue weighted by Crippen LogP contribution is 2.21. The molecule has 0 aliphatic heterocycles. The Morgan fingerprint density at radius 3 is 2.56 bits per heavy atom. The van der Waals surface area contributed by atoms with Gasteiger partial charge in [0.05, 0.1) is 18.8 Å². The molecular weight excluding hydrogens is 457 g/mol. The third-order valence-corrected chi connectivity index (χ3v) is 5.51. The molecule has 4 rings (SSSR count). The van der Waals surface area contributed by atoms with E-state index in [1.807, 2.05) is 13.0 Å². The minimum Gasteiger partial charge on any atom is -0.494 e. The van der Waals surface area contributed by atoms with E-state index in [1.54, 1.807) is 54.6 Å². The fourth-order valence-electron chi connectivity index (χ4n) is 3.58. The molecule has 34 heavy (non-hydrogen) atoms. The zero-order chi connectivity index (χ0) is 24.1. The SMILES string of the molecule is CCOc1ccc2[nH]c(=O)c(CN(Cc3ccc(Cl)cc3)C(=O)Nc3ccccc3F)cc2c1. The van der Waals surface area contributed by atoms with Crippen molar-refractivity contribution in [3.8, 4) is 5.75 Å². The van der Waals surface area contributed by atoms with Crippen LogP contribution >= 0.6 is 11.6 Å². The van der Waals surface area contributed by atoms with Crippen LogP contribution in [-0.2, 0) is 13.1 Å². The predicted molar refractivity (Wildman–Crippen MR) is 132 cm³/mol. The first-order chi connectivity index (χ1) is 16.4. The highest BCUT2D eigenvalue weighted by molar-refractivity contribution is 6.30. The minimum atomic E-state index is -0.547. The van der Waals surface area contributed by atoms with Gasteiger partial charge in [-0.15, -0.1) is 0 Å². The second-order valence-electron chi connectivity index (χ2n) is 7.70. The third kappa shape index (κ3) is 5.55. The van der Waals surface area contributed by atoms with Crippen molar-refractivity contribution in [1.82, 2.24) is 9.88 Å². The zero-order valence-corrected chi connectivity index (χ0v) is 19.2. The number of H-pyrrole nitrogens is 1. The summed E-state index contributed by atoms with van der Waals surface area (Å²) in [5.74, 6) is 0.137. The van der Waals surface area contributed by atoms with Gasteiger partial charge in [-0.1, -0.05) is 35.9 Å². The standard InChI is InChI=1S/C26H23ClFN3O3/c1-2-34-21-11-12-23-18(14-21)13-19(25(32)29-23)16-31(15-17-7-9-20(27)10-8-17)26(33)30-24-6-4-3-5-22(24)28/h3-14H,2,15-16H2,1H3,(H,29,32)(H,30,33). The van der Waals surface area contributed by atoms with E-state index in [-0.39, 0.29) is 24.3 Å². The van der Waals surface area contributed by atoms with Crippen molar-refractivity contribution < 1.29 is 13.9 Å². The number of benzene rings is 3. The molecule has 0 unspecified atom stereocenters. The fourth-order valence-corrected chi connectivity index (χ4v) is 3.70. The number of hydrogen-bond donors (Lipinski definition) is 2. The number of carbonyl (C=O) groups is 1. The van der Waals surface area contributed by atoms with E-state index in [2.05, 4.69) is 10.3 Å². The maximum Gasteiger partial charge on any atom is 0.322 e. The van der Waals surface area contributed by atoms with Crippen molar-refractivity contribution in [2.45, 2.75) is 20.0 Å². The molecule has 0 spiro atoms.